The van der Waals surface area contributed by atoms with Crippen LogP contribution < -0.4 is 5.32 Å². The second-order valence-corrected chi connectivity index (χ2v) is 10.1. The van der Waals surface area contributed by atoms with Crippen molar-refractivity contribution < 1.29 is 9.90 Å². The van der Waals surface area contributed by atoms with Crippen LogP contribution in [0.25, 0.3) is 0 Å². The highest BCUT2D eigenvalue weighted by molar-refractivity contribution is 5.66. The van der Waals surface area contributed by atoms with Crippen molar-refractivity contribution in [2.75, 3.05) is 6.54 Å². The predicted octanol–water partition coefficient (Wildman–Crippen LogP) is 9.43. The molecule has 1 atom stereocenters. The summed E-state index contributed by atoms with van der Waals surface area (Å²) in [5, 5.41) is 12.5. The maximum atomic E-state index is 10.8. The van der Waals surface area contributed by atoms with E-state index in [1.807, 2.05) is 0 Å². The van der Waals surface area contributed by atoms with E-state index in [9.17, 15) is 4.79 Å². The van der Waals surface area contributed by atoms with E-state index in [2.05, 4.69) is 19.2 Å². The first-order valence-electron chi connectivity index (χ1n) is 14.7. The van der Waals surface area contributed by atoms with Gasteiger partial charge in [-0.2, -0.15) is 0 Å². The molecule has 1 unspecified atom stereocenters. The van der Waals surface area contributed by atoms with Gasteiger partial charge in [-0.25, -0.2) is 0 Å². The number of hydrogen-bond acceptors (Lipinski definition) is 2. The van der Waals surface area contributed by atoms with Crippen molar-refractivity contribution >= 4 is 5.97 Å². The van der Waals surface area contributed by atoms with Crippen molar-refractivity contribution in [3.05, 3.63) is 0 Å². The first kappa shape index (κ1) is 31.4. The maximum absolute atomic E-state index is 10.8. The third-order valence-electron chi connectivity index (χ3n) is 6.83. The third kappa shape index (κ3) is 25.7. The summed E-state index contributed by atoms with van der Waals surface area (Å²) in [6.07, 6.45) is 31.7. The SMILES string of the molecule is CCCCCCCCCCCCCC(CCCCCCCCCCCC)NCCC(=O)O. The molecule has 0 radical (unpaired) electrons. The lowest BCUT2D eigenvalue weighted by molar-refractivity contribution is -0.136. The number of carboxylic acid groups (broad SMARTS) is 1. The number of hydrogen-bond donors (Lipinski definition) is 2. The minimum atomic E-state index is -0.690. The van der Waals surface area contributed by atoms with E-state index >= 15 is 0 Å². The van der Waals surface area contributed by atoms with Crippen molar-refractivity contribution in [2.45, 2.75) is 174 Å². The molecule has 0 saturated heterocycles. The Bertz CT molecular complexity index is 372. The first-order chi connectivity index (χ1) is 15.7. The van der Waals surface area contributed by atoms with E-state index in [1.54, 1.807) is 0 Å². The normalized spacial score (nSPS) is 12.3. The third-order valence-corrected chi connectivity index (χ3v) is 6.83. The topological polar surface area (TPSA) is 49.3 Å². The van der Waals surface area contributed by atoms with Crippen LogP contribution in [-0.2, 0) is 4.79 Å². The highest BCUT2D eigenvalue weighted by Gasteiger charge is 2.09. The highest BCUT2D eigenvalue weighted by atomic mass is 16.4. The van der Waals surface area contributed by atoms with Gasteiger partial charge in [0.2, 0.25) is 0 Å². The Kier molecular flexibility index (Phi) is 26.2. The second kappa shape index (κ2) is 26.7. The maximum Gasteiger partial charge on any atom is 0.304 e. The molecule has 0 aromatic carbocycles. The average molecular weight is 454 g/mol. The largest absolute Gasteiger partial charge is 0.481 e. The molecule has 2 N–H and O–H groups in total. The van der Waals surface area contributed by atoms with Crippen molar-refractivity contribution in [3.63, 3.8) is 0 Å². The van der Waals surface area contributed by atoms with E-state index in [0.717, 1.165) is 0 Å². The quantitative estimate of drug-likeness (QED) is 0.122. The monoisotopic (exact) mass is 453 g/mol. The fourth-order valence-corrected chi connectivity index (χ4v) is 4.66. The molecule has 0 aliphatic carbocycles. The van der Waals surface area contributed by atoms with Gasteiger partial charge in [-0.05, 0) is 12.8 Å². The van der Waals surface area contributed by atoms with Crippen LogP contribution in [-0.4, -0.2) is 23.7 Å². The van der Waals surface area contributed by atoms with Crippen molar-refractivity contribution in [3.8, 4) is 0 Å². The molecule has 0 fully saturated rings. The minimum Gasteiger partial charge on any atom is -0.481 e. The fourth-order valence-electron chi connectivity index (χ4n) is 4.66. The van der Waals surface area contributed by atoms with Crippen LogP contribution in [0.3, 0.4) is 0 Å². The number of carbonyl (C=O) groups is 1. The van der Waals surface area contributed by atoms with Gasteiger partial charge in [0.1, 0.15) is 0 Å². The minimum absolute atomic E-state index is 0.243. The van der Waals surface area contributed by atoms with Gasteiger partial charge in [0.15, 0.2) is 0 Å². The van der Waals surface area contributed by atoms with Crippen LogP contribution in [0.4, 0.5) is 0 Å². The molecule has 0 saturated carbocycles. The number of rotatable bonds is 27. The van der Waals surface area contributed by atoms with Gasteiger partial charge in [-0.3, -0.25) is 4.79 Å². The van der Waals surface area contributed by atoms with Gasteiger partial charge in [0, 0.05) is 12.6 Å². The molecule has 0 heterocycles. The Labute approximate surface area is 201 Å². The molecule has 0 spiro atoms. The van der Waals surface area contributed by atoms with E-state index in [4.69, 9.17) is 5.11 Å². The van der Waals surface area contributed by atoms with Crippen LogP contribution in [0, 0.1) is 0 Å². The molecular formula is C29H59NO2. The number of nitrogens with one attached hydrogen (secondary N) is 1. The Morgan fingerprint density at radius 1 is 0.562 bits per heavy atom. The van der Waals surface area contributed by atoms with E-state index < -0.39 is 5.97 Å². The summed E-state index contributed by atoms with van der Waals surface area (Å²) in [6, 6.07) is 0.516. The summed E-state index contributed by atoms with van der Waals surface area (Å²) in [5.41, 5.74) is 0. The molecule has 0 amide bonds. The summed E-state index contributed by atoms with van der Waals surface area (Å²) in [6.45, 7) is 5.18. The summed E-state index contributed by atoms with van der Waals surface area (Å²) < 4.78 is 0. The van der Waals surface area contributed by atoms with Crippen molar-refractivity contribution in [1.29, 1.82) is 0 Å². The summed E-state index contributed by atoms with van der Waals surface area (Å²) in [7, 11) is 0. The molecule has 0 aliphatic heterocycles. The molecule has 32 heavy (non-hydrogen) atoms. The smallest absolute Gasteiger partial charge is 0.304 e. The van der Waals surface area contributed by atoms with Crippen LogP contribution in [0.2, 0.25) is 0 Å². The number of carboxylic acids is 1. The lowest BCUT2D eigenvalue weighted by atomic mass is 9.99. The van der Waals surface area contributed by atoms with E-state index in [0.29, 0.717) is 12.6 Å². The standard InChI is InChI=1S/C29H59NO2/c1-3-5-7-9-11-13-15-17-19-21-23-25-28(30-27-26-29(31)32)24-22-20-18-16-14-12-10-8-6-4-2/h28,30H,3-27H2,1-2H3,(H,31,32). The zero-order valence-corrected chi connectivity index (χ0v) is 22.1. The molecule has 192 valence electrons. The molecule has 0 aromatic rings. The van der Waals surface area contributed by atoms with Gasteiger partial charge in [-0.1, -0.05) is 149 Å². The number of aliphatic carboxylic acids is 1. The molecule has 3 heteroatoms. The fraction of sp³-hybridized carbons (Fsp3) is 0.966. The van der Waals surface area contributed by atoms with Gasteiger partial charge < -0.3 is 10.4 Å². The molecule has 0 rings (SSSR count). The Morgan fingerprint density at radius 3 is 1.19 bits per heavy atom. The first-order valence-corrected chi connectivity index (χ1v) is 14.7. The van der Waals surface area contributed by atoms with Gasteiger partial charge in [0.05, 0.1) is 6.42 Å². The second-order valence-electron chi connectivity index (χ2n) is 10.1. The van der Waals surface area contributed by atoms with Crippen LogP contribution in [0.5, 0.6) is 0 Å². The predicted molar refractivity (Wildman–Crippen MR) is 142 cm³/mol. The molecule has 0 aliphatic rings. The molecular weight excluding hydrogens is 394 g/mol. The summed E-state index contributed by atoms with van der Waals surface area (Å²) in [5.74, 6) is -0.690. The number of unbranched alkanes of at least 4 members (excludes halogenated alkanes) is 19. The van der Waals surface area contributed by atoms with Crippen molar-refractivity contribution in [2.24, 2.45) is 0 Å². The van der Waals surface area contributed by atoms with Crippen LogP contribution in [0.15, 0.2) is 0 Å². The molecule has 0 bridgehead atoms. The summed E-state index contributed by atoms with van der Waals surface area (Å²) >= 11 is 0. The lowest BCUT2D eigenvalue weighted by Crippen LogP contribution is -2.31. The summed E-state index contributed by atoms with van der Waals surface area (Å²) in [4.78, 5) is 10.8. The van der Waals surface area contributed by atoms with Crippen molar-refractivity contribution in [1.82, 2.24) is 5.32 Å². The molecule has 3 nitrogen and oxygen atoms in total. The Balaban J connectivity index is 3.71. The zero-order chi connectivity index (χ0) is 23.5. The van der Waals surface area contributed by atoms with Crippen LogP contribution in [0.1, 0.15) is 168 Å². The Hall–Kier alpha value is -0.570. The average Bonchev–Trinajstić information content (AvgIpc) is 2.78. The van der Waals surface area contributed by atoms with E-state index in [1.165, 1.54) is 148 Å². The lowest BCUT2D eigenvalue weighted by Gasteiger charge is -2.18. The highest BCUT2D eigenvalue weighted by Crippen LogP contribution is 2.16. The van der Waals surface area contributed by atoms with Crippen LogP contribution >= 0.6 is 0 Å². The molecule has 0 aromatic heterocycles. The Morgan fingerprint density at radius 2 is 0.875 bits per heavy atom. The van der Waals surface area contributed by atoms with Gasteiger partial charge in [0.25, 0.3) is 0 Å². The zero-order valence-electron chi connectivity index (χ0n) is 22.1. The van der Waals surface area contributed by atoms with Gasteiger partial charge in [-0.15, -0.1) is 0 Å². The van der Waals surface area contributed by atoms with Gasteiger partial charge >= 0.3 is 5.97 Å². The van der Waals surface area contributed by atoms with E-state index in [-0.39, 0.29) is 6.42 Å².